The smallest absolute Gasteiger partial charge is 0.278 e. The molecule has 4 nitrogen and oxygen atoms in total. The molecule has 0 radical (unpaired) electrons. The summed E-state index contributed by atoms with van der Waals surface area (Å²) in [6.45, 7) is 10.5. The summed E-state index contributed by atoms with van der Waals surface area (Å²) in [7, 11) is -6.83. The topological polar surface area (TPSA) is 60.4 Å². The number of aryl methyl sites for hydroxylation is 3. The zero-order chi connectivity index (χ0) is 28.8. The van der Waals surface area contributed by atoms with Crippen LogP contribution in [0, 0.1) is 16.7 Å². The summed E-state index contributed by atoms with van der Waals surface area (Å²) in [4.78, 5) is 15.8. The quantitative estimate of drug-likeness (QED) is 0.243. The summed E-state index contributed by atoms with van der Waals surface area (Å²) in [6, 6.07) is 24.6. The second kappa shape index (κ2) is 10.8. The van der Waals surface area contributed by atoms with Crippen LogP contribution in [-0.4, -0.2) is 20.0 Å². The normalized spacial score (nSPS) is 22.5. The molecule has 5 rings (SSSR count). The fourth-order valence-electron chi connectivity index (χ4n) is 6.87. The van der Waals surface area contributed by atoms with Gasteiger partial charge in [0.15, 0.2) is 0 Å². The summed E-state index contributed by atoms with van der Waals surface area (Å²) >= 11 is 0. The van der Waals surface area contributed by atoms with Gasteiger partial charge in [0.25, 0.3) is 10.1 Å². The molecule has 2 unspecified atom stereocenters. The van der Waals surface area contributed by atoms with Gasteiger partial charge in [0.1, 0.15) is 5.78 Å². The molecule has 0 amide bonds. The van der Waals surface area contributed by atoms with Gasteiger partial charge >= 0.3 is 0 Å². The van der Waals surface area contributed by atoms with E-state index in [1.807, 2.05) is 36.4 Å². The molecule has 2 fully saturated rings. The maximum Gasteiger partial charge on any atom is 0.278 e. The molecule has 0 aromatic heterocycles. The van der Waals surface area contributed by atoms with Crippen molar-refractivity contribution >= 4 is 26.2 Å². The van der Waals surface area contributed by atoms with E-state index >= 15 is 0 Å². The molecule has 214 valence electrons. The number of hydrogen-bond acceptors (Lipinski definition) is 4. The number of Topliss-reactive ketones (excluding diaryl/α,β-unsaturated/α-hetero) is 1. The van der Waals surface area contributed by atoms with Gasteiger partial charge in [-0.25, -0.2) is 3.63 Å². The Hall–Kier alpha value is -2.41. The van der Waals surface area contributed by atoms with Crippen molar-refractivity contribution in [2.45, 2.75) is 87.8 Å². The molecule has 2 bridgehead atoms. The highest BCUT2D eigenvalue weighted by Crippen LogP contribution is 2.71. The minimum Gasteiger partial charge on any atom is -0.299 e. The largest absolute Gasteiger partial charge is 0.299 e. The van der Waals surface area contributed by atoms with E-state index in [-0.39, 0.29) is 22.9 Å². The summed E-state index contributed by atoms with van der Waals surface area (Å²) in [5.74, 6) is 0.0370. The van der Waals surface area contributed by atoms with E-state index in [0.717, 1.165) is 40.4 Å². The predicted molar refractivity (Wildman–Crippen MR) is 163 cm³/mol. The van der Waals surface area contributed by atoms with Crippen molar-refractivity contribution in [1.82, 2.24) is 0 Å². The third-order valence-corrected chi connectivity index (χ3v) is 15.1. The maximum atomic E-state index is 14.4. The minimum atomic E-state index is -4.15. The first-order chi connectivity index (χ1) is 19.0. The molecule has 2 aliphatic carbocycles. The lowest BCUT2D eigenvalue weighted by molar-refractivity contribution is -0.128. The summed E-state index contributed by atoms with van der Waals surface area (Å²) < 4.78 is 35.4. The van der Waals surface area contributed by atoms with Gasteiger partial charge in [-0.1, -0.05) is 71.0 Å². The molecule has 40 heavy (non-hydrogen) atoms. The van der Waals surface area contributed by atoms with Crippen LogP contribution in [0.25, 0.3) is 0 Å². The molecular weight excluding hydrogens is 537 g/mol. The standard InChI is InChI=1S/C34H42O4S2/c1-6-25-9-15-29(16-10-25)40(30-17-11-26(7-2)12-18-30,31-19-13-27(8-3)14-20-31)38-39(36,37)24-34-22-21-28(23-32(34)35)33(34,4)5/h9-20,28H,6-8,21-24H2,1-5H3. The summed E-state index contributed by atoms with van der Waals surface area (Å²) in [6.07, 6.45) is 4.63. The van der Waals surface area contributed by atoms with Gasteiger partial charge in [0.05, 0.1) is 11.2 Å². The first-order valence-corrected chi connectivity index (χ1v) is 17.7. The Morgan fingerprint density at radius 3 is 1.43 bits per heavy atom. The fraction of sp³-hybridized carbons (Fsp3) is 0.441. The van der Waals surface area contributed by atoms with Crippen LogP contribution < -0.4 is 0 Å². The molecular formula is C34H42O4S2. The van der Waals surface area contributed by atoms with Crippen LogP contribution in [0.2, 0.25) is 0 Å². The van der Waals surface area contributed by atoms with Crippen LogP contribution in [0.15, 0.2) is 87.5 Å². The van der Waals surface area contributed by atoms with Crippen molar-refractivity contribution in [1.29, 1.82) is 0 Å². The monoisotopic (exact) mass is 578 g/mol. The number of rotatable bonds is 10. The number of benzene rings is 3. The first kappa shape index (κ1) is 29.1. The molecule has 0 saturated heterocycles. The van der Waals surface area contributed by atoms with Gasteiger partial charge in [-0.2, -0.15) is 8.42 Å². The zero-order valence-electron chi connectivity index (χ0n) is 24.4. The highest BCUT2D eigenvalue weighted by atomic mass is 32.3. The van der Waals surface area contributed by atoms with Gasteiger partial charge in [-0.05, 0) is 107 Å². The van der Waals surface area contributed by atoms with E-state index in [0.29, 0.717) is 12.8 Å². The van der Waals surface area contributed by atoms with Gasteiger partial charge in [-0.3, -0.25) is 4.79 Å². The van der Waals surface area contributed by atoms with E-state index < -0.39 is 25.8 Å². The van der Waals surface area contributed by atoms with Crippen molar-refractivity contribution < 1.29 is 16.8 Å². The lowest BCUT2D eigenvalue weighted by Crippen LogP contribution is -2.42. The number of carbonyl (C=O) groups excluding carboxylic acids is 1. The minimum absolute atomic E-state index is 0.0772. The molecule has 3 aromatic carbocycles. The Morgan fingerprint density at radius 2 is 1.12 bits per heavy atom. The average molecular weight is 579 g/mol. The zero-order valence-corrected chi connectivity index (χ0v) is 26.0. The van der Waals surface area contributed by atoms with E-state index in [4.69, 9.17) is 3.63 Å². The molecule has 6 heteroatoms. The molecule has 0 spiro atoms. The van der Waals surface area contributed by atoms with Crippen LogP contribution in [0.1, 0.15) is 70.6 Å². The van der Waals surface area contributed by atoms with Gasteiger partial charge in [0.2, 0.25) is 0 Å². The number of carbonyl (C=O) groups is 1. The Balaban J connectivity index is 1.70. The molecule has 2 aliphatic rings. The van der Waals surface area contributed by atoms with Crippen molar-refractivity contribution in [3.05, 3.63) is 89.5 Å². The van der Waals surface area contributed by atoms with Crippen molar-refractivity contribution in [3.8, 4) is 0 Å². The van der Waals surface area contributed by atoms with Crippen LogP contribution in [0.4, 0.5) is 0 Å². The van der Waals surface area contributed by atoms with Crippen molar-refractivity contribution in [2.75, 3.05) is 5.75 Å². The van der Waals surface area contributed by atoms with Crippen molar-refractivity contribution in [3.63, 3.8) is 0 Å². The fourth-order valence-corrected chi connectivity index (χ4v) is 12.9. The molecule has 3 aromatic rings. The Morgan fingerprint density at radius 1 is 0.725 bits per heavy atom. The van der Waals surface area contributed by atoms with Crippen molar-refractivity contribution in [2.24, 2.45) is 16.7 Å². The molecule has 0 aliphatic heterocycles. The van der Waals surface area contributed by atoms with Crippen LogP contribution in [0.5, 0.6) is 0 Å². The number of ketones is 1. The SMILES string of the molecule is CCc1ccc(S(OS(=O)(=O)CC23CCC(CC2=O)C3(C)C)(c2ccc(CC)cc2)c2ccc(CC)cc2)cc1. The molecule has 2 saturated carbocycles. The second-order valence-corrected chi connectivity index (χ2v) is 16.5. The summed E-state index contributed by atoms with van der Waals surface area (Å²) in [5, 5.41) is 0. The highest BCUT2D eigenvalue weighted by Gasteiger charge is 2.65. The highest BCUT2D eigenvalue weighted by molar-refractivity contribution is 8.33. The summed E-state index contributed by atoms with van der Waals surface area (Å²) in [5.41, 5.74) is 2.27. The van der Waals surface area contributed by atoms with Gasteiger partial charge in [0, 0.05) is 21.1 Å². The molecule has 2 atom stereocenters. The molecule has 0 heterocycles. The Labute approximate surface area is 242 Å². The maximum absolute atomic E-state index is 14.4. The third kappa shape index (κ3) is 4.76. The van der Waals surface area contributed by atoms with E-state index in [1.54, 1.807) is 0 Å². The lowest BCUT2D eigenvalue weighted by atomic mass is 9.70. The molecule has 0 N–H and O–H groups in total. The van der Waals surface area contributed by atoms with Crippen LogP contribution in [0.3, 0.4) is 0 Å². The number of hydrogen-bond donors (Lipinski definition) is 0. The lowest BCUT2D eigenvalue weighted by Gasteiger charge is -2.42. The second-order valence-electron chi connectivity index (χ2n) is 12.0. The first-order valence-electron chi connectivity index (χ1n) is 14.6. The Bertz CT molecular complexity index is 1360. The third-order valence-electron chi connectivity index (χ3n) is 9.76. The van der Waals surface area contributed by atoms with E-state index in [2.05, 4.69) is 71.0 Å². The Kier molecular flexibility index (Phi) is 7.84. The van der Waals surface area contributed by atoms with E-state index in [1.165, 1.54) is 16.7 Å². The van der Waals surface area contributed by atoms with Crippen LogP contribution in [-0.2, 0) is 37.8 Å². The van der Waals surface area contributed by atoms with Gasteiger partial charge in [-0.15, -0.1) is 0 Å². The average Bonchev–Trinajstić information content (AvgIpc) is 3.30. The predicted octanol–water partition coefficient (Wildman–Crippen LogP) is 8.31. The van der Waals surface area contributed by atoms with E-state index in [9.17, 15) is 13.2 Å². The number of fused-ring (bicyclic) bond motifs is 2. The van der Waals surface area contributed by atoms with Crippen LogP contribution >= 0.6 is 10.3 Å². The van der Waals surface area contributed by atoms with Gasteiger partial charge < -0.3 is 0 Å².